The zero-order valence-electron chi connectivity index (χ0n) is 10.4. The molecule has 0 unspecified atom stereocenters. The molecule has 0 aromatic heterocycles. The molecule has 0 bridgehead atoms. The van der Waals surface area contributed by atoms with Gasteiger partial charge in [0.25, 0.3) is 0 Å². The highest BCUT2D eigenvalue weighted by atomic mass is 16.5. The number of carbonyl (C=O) groups excluding carboxylic acids is 2. The molecule has 0 spiro atoms. The quantitative estimate of drug-likeness (QED) is 0.454. The normalized spacial score (nSPS) is 17.5. The zero-order valence-corrected chi connectivity index (χ0v) is 10.4. The third-order valence-corrected chi connectivity index (χ3v) is 2.55. The summed E-state index contributed by atoms with van der Waals surface area (Å²) in [6.45, 7) is 2.08. The van der Waals surface area contributed by atoms with Crippen LogP contribution in [0.2, 0.25) is 0 Å². The highest BCUT2D eigenvalue weighted by Crippen LogP contribution is 1.98. The van der Waals surface area contributed by atoms with Crippen molar-refractivity contribution in [3.05, 3.63) is 0 Å². The molecule has 1 aliphatic rings. The number of primary amides is 1. The van der Waals surface area contributed by atoms with Crippen LogP contribution in [-0.4, -0.2) is 60.4 Å². The van der Waals surface area contributed by atoms with Gasteiger partial charge in [0.05, 0.1) is 13.2 Å². The Morgan fingerprint density at radius 2 is 1.95 bits per heavy atom. The summed E-state index contributed by atoms with van der Waals surface area (Å²) in [5.74, 6) is -1.82. The molecular formula is C10H18N4O5. The average molecular weight is 274 g/mol. The highest BCUT2D eigenvalue weighted by Gasteiger charge is 2.21. The predicted molar refractivity (Wildman–Crippen MR) is 63.9 cm³/mol. The van der Waals surface area contributed by atoms with Crippen LogP contribution >= 0.6 is 0 Å². The number of urea groups is 1. The Balaban J connectivity index is 2.37. The Morgan fingerprint density at radius 3 is 2.47 bits per heavy atom. The molecule has 19 heavy (non-hydrogen) atoms. The molecule has 0 saturated carbocycles. The molecule has 1 saturated heterocycles. The van der Waals surface area contributed by atoms with Crippen molar-refractivity contribution in [1.29, 1.82) is 0 Å². The minimum absolute atomic E-state index is 0.0405. The van der Waals surface area contributed by atoms with E-state index in [-0.39, 0.29) is 12.8 Å². The molecular weight excluding hydrogens is 256 g/mol. The highest BCUT2D eigenvalue weighted by molar-refractivity contribution is 5.83. The number of nitrogens with zero attached hydrogens (tertiary/aromatic N) is 1. The van der Waals surface area contributed by atoms with E-state index in [1.54, 1.807) is 5.01 Å². The van der Waals surface area contributed by atoms with Crippen molar-refractivity contribution < 1.29 is 24.2 Å². The SMILES string of the molecule is NC(=O)CC[C@@H](NC(=O)NN1CCOCC1)C(=O)O. The molecule has 3 amide bonds. The molecule has 0 aliphatic carbocycles. The van der Waals surface area contributed by atoms with Crippen molar-refractivity contribution in [2.24, 2.45) is 5.73 Å². The van der Waals surface area contributed by atoms with Gasteiger partial charge in [0, 0.05) is 19.5 Å². The second-order valence-electron chi connectivity index (χ2n) is 4.08. The van der Waals surface area contributed by atoms with Crippen molar-refractivity contribution in [3.63, 3.8) is 0 Å². The fourth-order valence-electron chi connectivity index (χ4n) is 1.55. The summed E-state index contributed by atoms with van der Waals surface area (Å²) in [7, 11) is 0. The smallest absolute Gasteiger partial charge is 0.330 e. The molecule has 9 nitrogen and oxygen atoms in total. The molecule has 1 fully saturated rings. The van der Waals surface area contributed by atoms with Gasteiger partial charge in [-0.1, -0.05) is 0 Å². The lowest BCUT2D eigenvalue weighted by Gasteiger charge is -2.27. The lowest BCUT2D eigenvalue weighted by Crippen LogP contribution is -2.54. The molecule has 0 aromatic rings. The number of carbonyl (C=O) groups is 3. The largest absolute Gasteiger partial charge is 0.480 e. The summed E-state index contributed by atoms with van der Waals surface area (Å²) in [6, 6.07) is -1.77. The lowest BCUT2D eigenvalue weighted by molar-refractivity contribution is -0.139. The number of carboxylic acid groups (broad SMARTS) is 1. The summed E-state index contributed by atoms with van der Waals surface area (Å²) < 4.78 is 5.11. The van der Waals surface area contributed by atoms with Crippen LogP contribution < -0.4 is 16.5 Å². The van der Waals surface area contributed by atoms with E-state index in [1.807, 2.05) is 0 Å². The Kier molecular flexibility index (Phi) is 6.03. The van der Waals surface area contributed by atoms with Gasteiger partial charge in [0.15, 0.2) is 0 Å². The number of hydrogen-bond donors (Lipinski definition) is 4. The van der Waals surface area contributed by atoms with Crippen LogP contribution in [0.15, 0.2) is 0 Å². The first-order valence-corrected chi connectivity index (χ1v) is 5.90. The standard InChI is InChI=1S/C10H18N4O5/c11-8(15)2-1-7(9(16)17)12-10(18)13-14-3-5-19-6-4-14/h7H,1-6H2,(H2,11,15)(H,16,17)(H2,12,13,18)/t7-/m1/s1. The van der Waals surface area contributed by atoms with Crippen LogP contribution in [0.4, 0.5) is 4.79 Å². The maximum atomic E-state index is 11.6. The van der Waals surface area contributed by atoms with Gasteiger partial charge in [-0.3, -0.25) is 10.2 Å². The van der Waals surface area contributed by atoms with E-state index in [0.717, 1.165) is 0 Å². The number of ether oxygens (including phenoxy) is 1. The number of nitrogens with two attached hydrogens (primary N) is 1. The molecule has 1 rings (SSSR count). The predicted octanol–water partition coefficient (Wildman–Crippen LogP) is -1.75. The number of nitrogens with one attached hydrogen (secondary N) is 2. The fraction of sp³-hybridized carbons (Fsp3) is 0.700. The number of aliphatic carboxylic acids is 1. The Morgan fingerprint density at radius 1 is 1.32 bits per heavy atom. The van der Waals surface area contributed by atoms with Gasteiger partial charge in [-0.05, 0) is 6.42 Å². The molecule has 1 heterocycles. The van der Waals surface area contributed by atoms with Crippen LogP contribution in [0.5, 0.6) is 0 Å². The van der Waals surface area contributed by atoms with Crippen molar-refractivity contribution in [1.82, 2.24) is 15.8 Å². The van der Waals surface area contributed by atoms with Gasteiger partial charge in [-0.25, -0.2) is 14.6 Å². The second kappa shape index (κ2) is 7.54. The minimum Gasteiger partial charge on any atom is -0.480 e. The first kappa shape index (κ1) is 15.2. The maximum Gasteiger partial charge on any atom is 0.330 e. The molecule has 108 valence electrons. The van der Waals surface area contributed by atoms with Gasteiger partial charge in [0.1, 0.15) is 6.04 Å². The van der Waals surface area contributed by atoms with Gasteiger partial charge in [0.2, 0.25) is 5.91 Å². The Hall–Kier alpha value is -1.87. The van der Waals surface area contributed by atoms with Crippen LogP contribution in [-0.2, 0) is 14.3 Å². The first-order chi connectivity index (χ1) is 8.99. The van der Waals surface area contributed by atoms with Gasteiger partial charge >= 0.3 is 12.0 Å². The van der Waals surface area contributed by atoms with Crippen LogP contribution in [0.25, 0.3) is 0 Å². The topological polar surface area (TPSA) is 134 Å². The van der Waals surface area contributed by atoms with Crippen molar-refractivity contribution in [3.8, 4) is 0 Å². The van der Waals surface area contributed by atoms with E-state index < -0.39 is 23.9 Å². The van der Waals surface area contributed by atoms with E-state index in [9.17, 15) is 14.4 Å². The number of amides is 3. The summed E-state index contributed by atoms with van der Waals surface area (Å²) >= 11 is 0. The maximum absolute atomic E-state index is 11.6. The third-order valence-electron chi connectivity index (χ3n) is 2.55. The molecule has 9 heteroatoms. The van der Waals surface area contributed by atoms with Crippen molar-refractivity contribution in [2.45, 2.75) is 18.9 Å². The van der Waals surface area contributed by atoms with E-state index in [1.165, 1.54) is 0 Å². The summed E-state index contributed by atoms with van der Waals surface area (Å²) in [6.07, 6.45) is -0.143. The van der Waals surface area contributed by atoms with Crippen LogP contribution in [0, 0.1) is 0 Å². The van der Waals surface area contributed by atoms with E-state index in [2.05, 4.69) is 10.7 Å². The summed E-state index contributed by atoms with van der Waals surface area (Å²) in [4.78, 5) is 33.1. The van der Waals surface area contributed by atoms with Gasteiger partial charge in [-0.15, -0.1) is 0 Å². The number of rotatable bonds is 6. The van der Waals surface area contributed by atoms with Gasteiger partial charge in [-0.2, -0.15) is 0 Å². The summed E-state index contributed by atoms with van der Waals surface area (Å²) in [5.41, 5.74) is 7.45. The molecule has 0 aromatic carbocycles. The zero-order chi connectivity index (χ0) is 14.3. The van der Waals surface area contributed by atoms with Crippen LogP contribution in [0.1, 0.15) is 12.8 Å². The number of hydrogen-bond acceptors (Lipinski definition) is 5. The molecule has 5 N–H and O–H groups in total. The molecule has 1 atom stereocenters. The van der Waals surface area contributed by atoms with Gasteiger partial charge < -0.3 is 20.9 Å². The number of hydrazine groups is 1. The number of carboxylic acids is 1. The average Bonchev–Trinajstić information content (AvgIpc) is 2.35. The van der Waals surface area contributed by atoms with Crippen LogP contribution in [0.3, 0.4) is 0 Å². The van der Waals surface area contributed by atoms with Crippen molar-refractivity contribution in [2.75, 3.05) is 26.3 Å². The number of morpholine rings is 1. The van der Waals surface area contributed by atoms with E-state index >= 15 is 0 Å². The minimum atomic E-state index is -1.21. The monoisotopic (exact) mass is 274 g/mol. The van der Waals surface area contributed by atoms with E-state index in [4.69, 9.17) is 15.6 Å². The fourth-order valence-corrected chi connectivity index (χ4v) is 1.55. The molecule has 1 aliphatic heterocycles. The second-order valence-corrected chi connectivity index (χ2v) is 4.08. The molecule has 0 radical (unpaired) electrons. The van der Waals surface area contributed by atoms with E-state index in [0.29, 0.717) is 26.3 Å². The van der Waals surface area contributed by atoms with Crippen molar-refractivity contribution >= 4 is 17.9 Å². The lowest BCUT2D eigenvalue weighted by atomic mass is 10.1. The third kappa shape index (κ3) is 6.02. The Labute approximate surface area is 110 Å². The first-order valence-electron chi connectivity index (χ1n) is 5.90. The Bertz CT molecular complexity index is 343. The summed E-state index contributed by atoms with van der Waals surface area (Å²) in [5, 5.41) is 12.8.